The Morgan fingerprint density at radius 3 is 2.03 bits per heavy atom. The number of esters is 2. The number of methoxy groups -OCH3 is 2. The van der Waals surface area contributed by atoms with Crippen molar-refractivity contribution in [2.75, 3.05) is 34.5 Å². The summed E-state index contributed by atoms with van der Waals surface area (Å²) in [6.45, 7) is 7.70. The zero-order valence-electron chi connectivity index (χ0n) is 18.8. The Balaban J connectivity index is 2.60. The lowest BCUT2D eigenvalue weighted by atomic mass is 9.80. The predicted octanol–water partition coefficient (Wildman–Crippen LogP) is 3.41. The number of carbonyl (C=O) groups is 2. The van der Waals surface area contributed by atoms with E-state index in [4.69, 9.17) is 18.9 Å². The van der Waals surface area contributed by atoms with Crippen molar-refractivity contribution < 1.29 is 28.5 Å². The van der Waals surface area contributed by atoms with Gasteiger partial charge in [-0.25, -0.2) is 9.59 Å². The first-order chi connectivity index (χ1) is 14.2. The molecule has 0 saturated heterocycles. The van der Waals surface area contributed by atoms with Crippen molar-refractivity contribution in [2.45, 2.75) is 39.7 Å². The van der Waals surface area contributed by atoms with E-state index in [-0.39, 0.29) is 19.3 Å². The largest absolute Gasteiger partial charge is 0.497 e. The van der Waals surface area contributed by atoms with E-state index in [1.54, 1.807) is 40.2 Å². The maximum absolute atomic E-state index is 13.1. The Bertz CT molecular complexity index is 838. The summed E-state index contributed by atoms with van der Waals surface area (Å²) in [5, 5.41) is 0. The summed E-state index contributed by atoms with van der Waals surface area (Å²) in [6, 6.07) is 7.30. The van der Waals surface area contributed by atoms with E-state index >= 15 is 0 Å². The third-order valence-electron chi connectivity index (χ3n) is 5.12. The molecule has 0 amide bonds. The van der Waals surface area contributed by atoms with Gasteiger partial charge in [-0.05, 0) is 45.4 Å². The number of rotatable bonds is 8. The fourth-order valence-corrected chi connectivity index (χ4v) is 3.41. The number of nitrogens with zero attached hydrogens (tertiary/aromatic N) is 1. The molecule has 1 atom stereocenters. The van der Waals surface area contributed by atoms with Crippen LogP contribution < -0.4 is 4.74 Å². The molecule has 0 aliphatic carbocycles. The Morgan fingerprint density at radius 1 is 0.967 bits per heavy atom. The molecule has 0 radical (unpaired) electrons. The third kappa shape index (κ3) is 5.02. The zero-order chi connectivity index (χ0) is 22.4. The first-order valence-electron chi connectivity index (χ1n) is 9.89. The van der Waals surface area contributed by atoms with Crippen LogP contribution in [0.2, 0.25) is 0 Å². The summed E-state index contributed by atoms with van der Waals surface area (Å²) in [5.41, 5.74) is 3.04. The Kier molecular flexibility index (Phi) is 8.06. The molecule has 1 unspecified atom stereocenters. The summed E-state index contributed by atoms with van der Waals surface area (Å²) < 4.78 is 21.2. The molecule has 7 heteroatoms. The van der Waals surface area contributed by atoms with Crippen LogP contribution in [0, 0.1) is 0 Å². The topological polar surface area (TPSA) is 74.3 Å². The lowest BCUT2D eigenvalue weighted by molar-refractivity contribution is -0.143. The highest BCUT2D eigenvalue weighted by Gasteiger charge is 2.40. The average molecular weight is 418 g/mol. The van der Waals surface area contributed by atoms with E-state index in [0.717, 1.165) is 17.0 Å². The van der Waals surface area contributed by atoms with E-state index in [0.29, 0.717) is 16.9 Å². The highest BCUT2D eigenvalue weighted by molar-refractivity contribution is 5.99. The van der Waals surface area contributed by atoms with Crippen LogP contribution in [0.15, 0.2) is 46.8 Å². The highest BCUT2D eigenvalue weighted by atomic mass is 16.6. The Morgan fingerprint density at radius 2 is 1.53 bits per heavy atom. The summed E-state index contributed by atoms with van der Waals surface area (Å²) in [6.07, 6.45) is -0.288. The Labute approximate surface area is 178 Å². The molecule has 1 aromatic rings. The molecule has 7 nitrogen and oxygen atoms in total. The van der Waals surface area contributed by atoms with Gasteiger partial charge in [-0.3, -0.25) is 0 Å². The first-order valence-corrected chi connectivity index (χ1v) is 9.89. The minimum absolute atomic E-state index is 0.125. The van der Waals surface area contributed by atoms with E-state index in [1.807, 2.05) is 37.9 Å². The van der Waals surface area contributed by atoms with Gasteiger partial charge in [-0.15, -0.1) is 0 Å². The SMILES string of the molecule is COCCOC(=O)C1=C(C)N(C)C(C)=C(C(=O)OC(C)C)C1c1ccc(OC)cc1. The second-order valence-electron chi connectivity index (χ2n) is 7.35. The van der Waals surface area contributed by atoms with Gasteiger partial charge < -0.3 is 23.8 Å². The zero-order valence-corrected chi connectivity index (χ0v) is 18.8. The van der Waals surface area contributed by atoms with Crippen molar-refractivity contribution >= 4 is 11.9 Å². The van der Waals surface area contributed by atoms with Crippen LogP contribution in [-0.4, -0.2) is 57.4 Å². The molecule has 0 fully saturated rings. The van der Waals surface area contributed by atoms with Gasteiger partial charge in [0.05, 0.1) is 36.9 Å². The van der Waals surface area contributed by atoms with Crippen molar-refractivity contribution in [3.63, 3.8) is 0 Å². The average Bonchev–Trinajstić information content (AvgIpc) is 2.71. The normalized spacial score (nSPS) is 16.8. The van der Waals surface area contributed by atoms with Gasteiger partial charge in [0, 0.05) is 25.6 Å². The van der Waals surface area contributed by atoms with Gasteiger partial charge in [-0.2, -0.15) is 0 Å². The highest BCUT2D eigenvalue weighted by Crippen LogP contribution is 2.42. The lowest BCUT2D eigenvalue weighted by Crippen LogP contribution is -2.34. The van der Waals surface area contributed by atoms with Crippen LogP contribution in [0.25, 0.3) is 0 Å². The number of ether oxygens (including phenoxy) is 4. The summed E-state index contributed by atoms with van der Waals surface area (Å²) in [7, 11) is 4.95. The molecular weight excluding hydrogens is 386 g/mol. The van der Waals surface area contributed by atoms with Crippen LogP contribution in [0.1, 0.15) is 39.2 Å². The van der Waals surface area contributed by atoms with E-state index in [1.165, 1.54) is 0 Å². The standard InChI is InChI=1S/C23H31NO6/c1-14(2)30-23(26)20-16(4)24(5)15(3)19(22(25)29-13-12-27-6)21(20)17-8-10-18(28-7)11-9-17/h8-11,14,21H,12-13H2,1-7H3. The van der Waals surface area contributed by atoms with Crippen LogP contribution in [0.5, 0.6) is 5.75 Å². The Hall–Kier alpha value is -2.80. The lowest BCUT2D eigenvalue weighted by Gasteiger charge is -2.36. The molecule has 1 aliphatic rings. The van der Waals surface area contributed by atoms with Gasteiger partial charge in [-0.1, -0.05) is 12.1 Å². The number of allylic oxidation sites excluding steroid dienone is 2. The van der Waals surface area contributed by atoms with Gasteiger partial charge in [0.15, 0.2) is 0 Å². The third-order valence-corrected chi connectivity index (χ3v) is 5.12. The summed E-state index contributed by atoms with van der Waals surface area (Å²) in [5.74, 6) is -0.874. The van der Waals surface area contributed by atoms with Crippen molar-refractivity contribution in [3.8, 4) is 5.75 Å². The molecular formula is C23H31NO6. The number of hydrogen-bond donors (Lipinski definition) is 0. The molecule has 0 spiro atoms. The molecule has 0 N–H and O–H groups in total. The van der Waals surface area contributed by atoms with Gasteiger partial charge in [0.2, 0.25) is 0 Å². The molecule has 1 heterocycles. The maximum atomic E-state index is 13.1. The van der Waals surface area contributed by atoms with E-state index in [2.05, 4.69) is 0 Å². The minimum atomic E-state index is -0.617. The number of benzene rings is 1. The monoisotopic (exact) mass is 417 g/mol. The quantitative estimate of drug-likeness (QED) is 0.474. The summed E-state index contributed by atoms with van der Waals surface area (Å²) >= 11 is 0. The van der Waals surface area contributed by atoms with Crippen molar-refractivity contribution in [1.29, 1.82) is 0 Å². The van der Waals surface area contributed by atoms with Crippen LogP contribution in [0.4, 0.5) is 0 Å². The van der Waals surface area contributed by atoms with Gasteiger partial charge in [0.25, 0.3) is 0 Å². The molecule has 30 heavy (non-hydrogen) atoms. The molecule has 0 aromatic heterocycles. The van der Waals surface area contributed by atoms with Crippen LogP contribution in [0.3, 0.4) is 0 Å². The fraction of sp³-hybridized carbons (Fsp3) is 0.478. The van der Waals surface area contributed by atoms with E-state index in [9.17, 15) is 9.59 Å². The van der Waals surface area contributed by atoms with Crippen LogP contribution >= 0.6 is 0 Å². The fourth-order valence-electron chi connectivity index (χ4n) is 3.41. The maximum Gasteiger partial charge on any atom is 0.337 e. The number of carbonyl (C=O) groups excluding carboxylic acids is 2. The van der Waals surface area contributed by atoms with Crippen molar-refractivity contribution in [1.82, 2.24) is 4.90 Å². The smallest absolute Gasteiger partial charge is 0.337 e. The van der Waals surface area contributed by atoms with Crippen molar-refractivity contribution in [2.24, 2.45) is 0 Å². The van der Waals surface area contributed by atoms with Crippen LogP contribution in [-0.2, 0) is 23.8 Å². The number of hydrogen-bond acceptors (Lipinski definition) is 7. The molecule has 1 aromatic carbocycles. The van der Waals surface area contributed by atoms with E-state index < -0.39 is 17.9 Å². The second-order valence-corrected chi connectivity index (χ2v) is 7.35. The first kappa shape index (κ1) is 23.5. The second kappa shape index (κ2) is 10.3. The minimum Gasteiger partial charge on any atom is -0.497 e. The predicted molar refractivity (Wildman–Crippen MR) is 113 cm³/mol. The molecule has 164 valence electrons. The van der Waals surface area contributed by atoms with Gasteiger partial charge in [0.1, 0.15) is 12.4 Å². The molecule has 0 saturated carbocycles. The molecule has 0 bridgehead atoms. The molecule has 1 aliphatic heterocycles. The van der Waals surface area contributed by atoms with Crippen molar-refractivity contribution in [3.05, 3.63) is 52.4 Å². The van der Waals surface area contributed by atoms with Gasteiger partial charge >= 0.3 is 11.9 Å². The molecule has 2 rings (SSSR count). The summed E-state index contributed by atoms with van der Waals surface area (Å²) in [4.78, 5) is 28.0.